The predicted octanol–water partition coefficient (Wildman–Crippen LogP) is 4.20. The molecule has 86 valence electrons. The van der Waals surface area contributed by atoms with Crippen molar-refractivity contribution in [2.24, 2.45) is 29.6 Å². The van der Waals surface area contributed by atoms with Gasteiger partial charge in [-0.3, -0.25) is 0 Å². The average molecular weight is 210 g/mol. The first-order chi connectivity index (χ1) is 7.28. The van der Waals surface area contributed by atoms with Crippen molar-refractivity contribution in [2.75, 3.05) is 0 Å². The third kappa shape index (κ3) is 1.62. The van der Waals surface area contributed by atoms with E-state index in [-0.39, 0.29) is 0 Å². The SMILES string of the molecule is CCCC(F)C1C2CC3CC(C2)CC1C3. The Hall–Kier alpha value is -0.0700. The van der Waals surface area contributed by atoms with Crippen molar-refractivity contribution in [1.29, 1.82) is 0 Å². The fourth-order valence-corrected chi connectivity index (χ4v) is 5.03. The van der Waals surface area contributed by atoms with Gasteiger partial charge in [-0.1, -0.05) is 13.3 Å². The molecule has 0 aromatic rings. The Morgan fingerprint density at radius 1 is 1.00 bits per heavy atom. The number of hydrogen-bond donors (Lipinski definition) is 0. The first kappa shape index (κ1) is 10.1. The average Bonchev–Trinajstić information content (AvgIpc) is 2.15. The summed E-state index contributed by atoms with van der Waals surface area (Å²) >= 11 is 0. The Bertz CT molecular complexity index is 207. The van der Waals surface area contributed by atoms with Crippen LogP contribution in [0.4, 0.5) is 4.39 Å². The van der Waals surface area contributed by atoms with E-state index in [1.54, 1.807) is 0 Å². The van der Waals surface area contributed by atoms with Crippen LogP contribution < -0.4 is 0 Å². The van der Waals surface area contributed by atoms with Crippen molar-refractivity contribution in [3.05, 3.63) is 0 Å². The highest BCUT2D eigenvalue weighted by molar-refractivity contribution is 5.00. The summed E-state index contributed by atoms with van der Waals surface area (Å²) in [5, 5.41) is 0. The second kappa shape index (κ2) is 3.75. The van der Waals surface area contributed by atoms with E-state index in [0.29, 0.717) is 5.92 Å². The largest absolute Gasteiger partial charge is 0.247 e. The summed E-state index contributed by atoms with van der Waals surface area (Å²) < 4.78 is 14.2. The van der Waals surface area contributed by atoms with Crippen LogP contribution in [0.2, 0.25) is 0 Å². The fraction of sp³-hybridized carbons (Fsp3) is 1.00. The van der Waals surface area contributed by atoms with E-state index >= 15 is 0 Å². The van der Waals surface area contributed by atoms with Crippen LogP contribution in [-0.2, 0) is 0 Å². The molecule has 15 heavy (non-hydrogen) atoms. The van der Waals surface area contributed by atoms with Crippen LogP contribution in [-0.4, -0.2) is 6.17 Å². The summed E-state index contributed by atoms with van der Waals surface area (Å²) in [6, 6.07) is 0. The van der Waals surface area contributed by atoms with Gasteiger partial charge in [0.05, 0.1) is 0 Å². The van der Waals surface area contributed by atoms with Crippen molar-refractivity contribution in [1.82, 2.24) is 0 Å². The van der Waals surface area contributed by atoms with Gasteiger partial charge < -0.3 is 0 Å². The van der Waals surface area contributed by atoms with Gasteiger partial charge in [0.25, 0.3) is 0 Å². The standard InChI is InChI=1S/C14H23F/c1-2-3-13(15)14-11-5-9-4-10(7-11)8-12(14)6-9/h9-14H,2-8H2,1H3. The van der Waals surface area contributed by atoms with Crippen LogP contribution in [0.25, 0.3) is 0 Å². The molecule has 4 aliphatic rings. The van der Waals surface area contributed by atoms with Crippen LogP contribution in [0.3, 0.4) is 0 Å². The second-order valence-corrected chi connectivity index (χ2v) is 6.31. The number of hydrogen-bond acceptors (Lipinski definition) is 0. The molecule has 1 heteroatoms. The van der Waals surface area contributed by atoms with Crippen molar-refractivity contribution in [3.63, 3.8) is 0 Å². The molecule has 4 aliphatic carbocycles. The van der Waals surface area contributed by atoms with Gasteiger partial charge in [0.15, 0.2) is 0 Å². The van der Waals surface area contributed by atoms with Crippen molar-refractivity contribution in [2.45, 2.75) is 58.0 Å². The first-order valence-corrected chi connectivity index (χ1v) is 6.92. The van der Waals surface area contributed by atoms with Crippen molar-refractivity contribution >= 4 is 0 Å². The Balaban J connectivity index is 1.74. The summed E-state index contributed by atoms with van der Waals surface area (Å²) in [4.78, 5) is 0. The zero-order valence-electron chi connectivity index (χ0n) is 9.79. The van der Waals surface area contributed by atoms with E-state index in [4.69, 9.17) is 0 Å². The Labute approximate surface area is 92.6 Å². The molecule has 4 saturated carbocycles. The maximum absolute atomic E-state index is 14.2. The molecule has 4 rings (SSSR count). The molecule has 0 amide bonds. The number of alkyl halides is 1. The molecule has 1 unspecified atom stereocenters. The van der Waals surface area contributed by atoms with Gasteiger partial charge >= 0.3 is 0 Å². The minimum absolute atomic E-state index is 0.456. The number of halogens is 1. The summed E-state index contributed by atoms with van der Waals surface area (Å²) in [5.74, 6) is 3.96. The molecule has 0 aliphatic heterocycles. The minimum Gasteiger partial charge on any atom is -0.247 e. The van der Waals surface area contributed by atoms with E-state index in [1.165, 1.54) is 32.1 Å². The lowest BCUT2D eigenvalue weighted by molar-refractivity contribution is -0.0699. The zero-order valence-corrected chi connectivity index (χ0v) is 9.79. The lowest BCUT2D eigenvalue weighted by atomic mass is 9.51. The quantitative estimate of drug-likeness (QED) is 0.655. The van der Waals surface area contributed by atoms with Crippen LogP contribution >= 0.6 is 0 Å². The van der Waals surface area contributed by atoms with Crippen LogP contribution in [0.1, 0.15) is 51.9 Å². The maximum Gasteiger partial charge on any atom is 0.103 e. The van der Waals surface area contributed by atoms with E-state index in [0.717, 1.165) is 36.5 Å². The number of rotatable bonds is 3. The lowest BCUT2D eigenvalue weighted by Gasteiger charge is -2.55. The minimum atomic E-state index is -0.481. The van der Waals surface area contributed by atoms with E-state index < -0.39 is 6.17 Å². The molecular formula is C14H23F. The third-order valence-corrected chi connectivity index (χ3v) is 5.28. The lowest BCUT2D eigenvalue weighted by Crippen LogP contribution is -2.48. The molecule has 0 saturated heterocycles. The first-order valence-electron chi connectivity index (χ1n) is 6.92. The zero-order chi connectivity index (χ0) is 10.4. The molecule has 0 nitrogen and oxygen atoms in total. The van der Waals surface area contributed by atoms with Crippen LogP contribution in [0.5, 0.6) is 0 Å². The Morgan fingerprint density at radius 2 is 1.53 bits per heavy atom. The summed E-state index contributed by atoms with van der Waals surface area (Å²) in [6.45, 7) is 2.11. The van der Waals surface area contributed by atoms with Gasteiger partial charge in [-0.05, 0) is 68.1 Å². The van der Waals surface area contributed by atoms with Gasteiger partial charge in [-0.2, -0.15) is 0 Å². The van der Waals surface area contributed by atoms with Gasteiger partial charge in [-0.25, -0.2) is 4.39 Å². The monoisotopic (exact) mass is 210 g/mol. The van der Waals surface area contributed by atoms with Crippen molar-refractivity contribution < 1.29 is 4.39 Å². The maximum atomic E-state index is 14.2. The van der Waals surface area contributed by atoms with E-state index in [2.05, 4.69) is 6.92 Å². The molecule has 1 atom stereocenters. The molecule has 0 spiro atoms. The van der Waals surface area contributed by atoms with E-state index in [9.17, 15) is 4.39 Å². The highest BCUT2D eigenvalue weighted by Gasteiger charge is 2.50. The summed E-state index contributed by atoms with van der Waals surface area (Å²) in [6.07, 6.45) is 8.28. The van der Waals surface area contributed by atoms with Crippen molar-refractivity contribution in [3.8, 4) is 0 Å². The summed E-state index contributed by atoms with van der Waals surface area (Å²) in [5.41, 5.74) is 0. The normalized spacial score (nSPS) is 49.6. The molecular weight excluding hydrogens is 187 g/mol. The molecule has 0 N–H and O–H groups in total. The van der Waals surface area contributed by atoms with Gasteiger partial charge in [0.2, 0.25) is 0 Å². The molecule has 0 radical (unpaired) electrons. The molecule has 4 fully saturated rings. The summed E-state index contributed by atoms with van der Waals surface area (Å²) in [7, 11) is 0. The highest BCUT2D eigenvalue weighted by Crippen LogP contribution is 2.58. The second-order valence-electron chi connectivity index (χ2n) is 6.31. The van der Waals surface area contributed by atoms with Gasteiger partial charge in [-0.15, -0.1) is 0 Å². The van der Waals surface area contributed by atoms with Gasteiger partial charge in [0.1, 0.15) is 6.17 Å². The smallest absolute Gasteiger partial charge is 0.103 e. The highest BCUT2D eigenvalue weighted by atomic mass is 19.1. The topological polar surface area (TPSA) is 0 Å². The Morgan fingerprint density at radius 3 is 2.00 bits per heavy atom. The van der Waals surface area contributed by atoms with E-state index in [1.807, 2.05) is 0 Å². The molecule has 4 bridgehead atoms. The van der Waals surface area contributed by atoms with Gasteiger partial charge in [0, 0.05) is 0 Å². The Kier molecular flexibility index (Phi) is 2.52. The molecule has 0 heterocycles. The van der Waals surface area contributed by atoms with Crippen LogP contribution in [0, 0.1) is 29.6 Å². The van der Waals surface area contributed by atoms with Crippen LogP contribution in [0.15, 0.2) is 0 Å². The molecule has 0 aromatic heterocycles. The fourth-order valence-electron chi connectivity index (χ4n) is 5.03. The third-order valence-electron chi connectivity index (χ3n) is 5.28. The molecule has 0 aromatic carbocycles. The predicted molar refractivity (Wildman–Crippen MR) is 60.3 cm³/mol.